The van der Waals surface area contributed by atoms with Gasteiger partial charge in [-0.3, -0.25) is 0 Å². The second-order valence-corrected chi connectivity index (χ2v) is 7.28. The smallest absolute Gasteiger partial charge is 0.234 e. The number of para-hydroxylation sites is 1. The standard InChI is InChI=1S/C23H23N5OS/c1-2-13-24-23(30)27-22-25-20(15-21(26-22)29-19-10-4-3-5-11-19)28-14-12-17-8-6-7-9-18(17)16-28/h2-11,15H,1,12-14,16H2,(H2,24,25,26,27,30). The van der Waals surface area contributed by atoms with Gasteiger partial charge >= 0.3 is 0 Å². The zero-order valence-electron chi connectivity index (χ0n) is 16.5. The predicted octanol–water partition coefficient (Wildman–Crippen LogP) is 4.30. The van der Waals surface area contributed by atoms with Crippen LogP contribution in [0.2, 0.25) is 0 Å². The number of thiocarbonyl (C=S) groups is 1. The molecule has 7 heteroatoms. The van der Waals surface area contributed by atoms with Crippen LogP contribution in [0.1, 0.15) is 11.1 Å². The molecule has 0 bridgehead atoms. The third-order valence-corrected chi connectivity index (χ3v) is 4.99. The van der Waals surface area contributed by atoms with Gasteiger partial charge in [0.25, 0.3) is 0 Å². The monoisotopic (exact) mass is 417 g/mol. The highest BCUT2D eigenvalue weighted by molar-refractivity contribution is 7.80. The molecule has 2 heterocycles. The summed E-state index contributed by atoms with van der Waals surface area (Å²) in [4.78, 5) is 11.4. The molecule has 0 amide bonds. The highest BCUT2D eigenvalue weighted by atomic mass is 32.1. The molecule has 2 N–H and O–H groups in total. The third kappa shape index (κ3) is 4.93. The van der Waals surface area contributed by atoms with Gasteiger partial charge in [0.15, 0.2) is 5.11 Å². The summed E-state index contributed by atoms with van der Waals surface area (Å²) in [5.41, 5.74) is 2.70. The lowest BCUT2D eigenvalue weighted by atomic mass is 10.00. The molecule has 0 spiro atoms. The van der Waals surface area contributed by atoms with Gasteiger partial charge in [-0.15, -0.1) is 6.58 Å². The van der Waals surface area contributed by atoms with Gasteiger partial charge in [-0.25, -0.2) is 0 Å². The Bertz CT molecular complexity index is 1040. The Morgan fingerprint density at radius 3 is 2.67 bits per heavy atom. The fourth-order valence-corrected chi connectivity index (χ4v) is 3.47. The molecule has 152 valence electrons. The second kappa shape index (κ2) is 9.37. The second-order valence-electron chi connectivity index (χ2n) is 6.87. The quantitative estimate of drug-likeness (QED) is 0.458. The molecule has 0 fully saturated rings. The molecular weight excluding hydrogens is 394 g/mol. The number of nitrogens with one attached hydrogen (secondary N) is 2. The number of ether oxygens (including phenoxy) is 1. The Morgan fingerprint density at radius 2 is 1.87 bits per heavy atom. The molecular formula is C23H23N5OS. The first kappa shape index (κ1) is 19.8. The average Bonchev–Trinajstić information content (AvgIpc) is 2.78. The van der Waals surface area contributed by atoms with Gasteiger partial charge in [-0.05, 0) is 41.9 Å². The lowest BCUT2D eigenvalue weighted by Gasteiger charge is -2.30. The van der Waals surface area contributed by atoms with Crippen LogP contribution < -0.4 is 20.3 Å². The van der Waals surface area contributed by atoms with Gasteiger partial charge in [0.05, 0.1) is 0 Å². The number of nitrogens with zero attached hydrogens (tertiary/aromatic N) is 3. The lowest BCUT2D eigenvalue weighted by Crippen LogP contribution is -2.32. The molecule has 1 aliphatic heterocycles. The van der Waals surface area contributed by atoms with E-state index in [4.69, 9.17) is 21.9 Å². The Morgan fingerprint density at radius 1 is 1.10 bits per heavy atom. The summed E-state index contributed by atoms with van der Waals surface area (Å²) < 4.78 is 5.99. The Kier molecular flexibility index (Phi) is 6.20. The lowest BCUT2D eigenvalue weighted by molar-refractivity contribution is 0.462. The van der Waals surface area contributed by atoms with E-state index in [0.717, 1.165) is 25.3 Å². The molecule has 6 nitrogen and oxygen atoms in total. The van der Waals surface area contributed by atoms with Gasteiger partial charge in [0, 0.05) is 25.7 Å². The molecule has 0 aliphatic carbocycles. The summed E-state index contributed by atoms with van der Waals surface area (Å²) in [7, 11) is 0. The predicted molar refractivity (Wildman–Crippen MR) is 124 cm³/mol. The number of hydrogen-bond acceptors (Lipinski definition) is 5. The summed E-state index contributed by atoms with van der Waals surface area (Å²) in [6, 6.07) is 20.0. The first-order valence-corrected chi connectivity index (χ1v) is 10.2. The minimum Gasteiger partial charge on any atom is -0.439 e. The van der Waals surface area contributed by atoms with Crippen molar-refractivity contribution in [2.75, 3.05) is 23.3 Å². The van der Waals surface area contributed by atoms with Crippen LogP contribution in [-0.2, 0) is 13.0 Å². The largest absolute Gasteiger partial charge is 0.439 e. The molecule has 4 rings (SSSR count). The van der Waals surface area contributed by atoms with Crippen molar-refractivity contribution in [1.82, 2.24) is 15.3 Å². The molecule has 3 aromatic rings. The molecule has 1 aliphatic rings. The van der Waals surface area contributed by atoms with Crippen molar-refractivity contribution in [2.24, 2.45) is 0 Å². The Labute approximate surface area is 181 Å². The molecule has 0 saturated carbocycles. The van der Waals surface area contributed by atoms with E-state index in [2.05, 4.69) is 51.4 Å². The van der Waals surface area contributed by atoms with Crippen molar-refractivity contribution < 1.29 is 4.74 Å². The number of anilines is 2. The summed E-state index contributed by atoms with van der Waals surface area (Å²) in [6.45, 7) is 5.90. The van der Waals surface area contributed by atoms with Crippen LogP contribution in [0.4, 0.5) is 11.8 Å². The van der Waals surface area contributed by atoms with Crippen molar-refractivity contribution in [3.05, 3.63) is 84.4 Å². The highest BCUT2D eigenvalue weighted by Gasteiger charge is 2.19. The maximum atomic E-state index is 5.99. The van der Waals surface area contributed by atoms with Gasteiger partial charge in [-0.2, -0.15) is 9.97 Å². The molecule has 0 unspecified atom stereocenters. The van der Waals surface area contributed by atoms with E-state index in [-0.39, 0.29) is 0 Å². The fraction of sp³-hybridized carbons (Fsp3) is 0.174. The summed E-state index contributed by atoms with van der Waals surface area (Å²) in [6.07, 6.45) is 2.71. The van der Waals surface area contributed by atoms with Crippen molar-refractivity contribution in [1.29, 1.82) is 0 Å². The molecule has 30 heavy (non-hydrogen) atoms. The Hall–Kier alpha value is -3.45. The van der Waals surface area contributed by atoms with Crippen LogP contribution in [0.25, 0.3) is 0 Å². The number of benzene rings is 2. The third-order valence-electron chi connectivity index (χ3n) is 4.74. The highest BCUT2D eigenvalue weighted by Crippen LogP contribution is 2.28. The number of aromatic nitrogens is 2. The van der Waals surface area contributed by atoms with E-state index in [1.807, 2.05) is 36.4 Å². The molecule has 0 radical (unpaired) electrons. The number of rotatable bonds is 6. The first-order valence-electron chi connectivity index (χ1n) is 9.81. The van der Waals surface area contributed by atoms with Gasteiger partial charge < -0.3 is 20.3 Å². The zero-order valence-corrected chi connectivity index (χ0v) is 17.4. The maximum absolute atomic E-state index is 5.99. The zero-order chi connectivity index (χ0) is 20.8. The topological polar surface area (TPSA) is 62.3 Å². The average molecular weight is 418 g/mol. The normalized spacial score (nSPS) is 12.6. The van der Waals surface area contributed by atoms with Crippen LogP contribution >= 0.6 is 12.2 Å². The van der Waals surface area contributed by atoms with Crippen LogP contribution in [0, 0.1) is 0 Å². The van der Waals surface area contributed by atoms with Crippen molar-refractivity contribution >= 4 is 29.1 Å². The maximum Gasteiger partial charge on any atom is 0.234 e. The van der Waals surface area contributed by atoms with Gasteiger partial charge in [0.2, 0.25) is 11.8 Å². The first-order chi connectivity index (χ1) is 14.7. The van der Waals surface area contributed by atoms with Crippen LogP contribution in [-0.4, -0.2) is 28.2 Å². The van der Waals surface area contributed by atoms with E-state index < -0.39 is 0 Å². The molecule has 1 aromatic heterocycles. The minimum absolute atomic E-state index is 0.388. The molecule has 0 saturated heterocycles. The van der Waals surface area contributed by atoms with Crippen molar-refractivity contribution in [2.45, 2.75) is 13.0 Å². The molecule has 0 atom stereocenters. The van der Waals surface area contributed by atoms with E-state index in [9.17, 15) is 0 Å². The Balaban J connectivity index is 1.61. The number of fused-ring (bicyclic) bond motifs is 1. The summed E-state index contributed by atoms with van der Waals surface area (Å²) >= 11 is 5.32. The summed E-state index contributed by atoms with van der Waals surface area (Å²) in [5, 5.41) is 6.51. The number of hydrogen-bond donors (Lipinski definition) is 2. The van der Waals surface area contributed by atoms with Crippen LogP contribution in [0.15, 0.2) is 73.3 Å². The van der Waals surface area contributed by atoms with Gasteiger partial charge in [0.1, 0.15) is 11.6 Å². The van der Waals surface area contributed by atoms with Crippen LogP contribution in [0.5, 0.6) is 11.6 Å². The summed E-state index contributed by atoms with van der Waals surface area (Å²) in [5.74, 6) is 2.35. The van der Waals surface area contributed by atoms with Crippen LogP contribution in [0.3, 0.4) is 0 Å². The van der Waals surface area contributed by atoms with E-state index in [0.29, 0.717) is 29.2 Å². The van der Waals surface area contributed by atoms with Crippen molar-refractivity contribution in [3.63, 3.8) is 0 Å². The van der Waals surface area contributed by atoms with E-state index in [1.54, 1.807) is 6.08 Å². The fourth-order valence-electron chi connectivity index (χ4n) is 3.29. The van der Waals surface area contributed by atoms with Gasteiger partial charge in [-0.1, -0.05) is 48.5 Å². The van der Waals surface area contributed by atoms with Crippen molar-refractivity contribution in [3.8, 4) is 11.6 Å². The SMILES string of the molecule is C=CCNC(=S)Nc1nc(Oc2ccccc2)cc(N2CCc3ccccc3C2)n1. The van der Waals surface area contributed by atoms with E-state index in [1.165, 1.54) is 11.1 Å². The minimum atomic E-state index is 0.388. The molecule has 2 aromatic carbocycles. The van der Waals surface area contributed by atoms with E-state index >= 15 is 0 Å².